The summed E-state index contributed by atoms with van der Waals surface area (Å²) in [6, 6.07) is 0. The van der Waals surface area contributed by atoms with E-state index in [1.54, 1.807) is 0 Å². The van der Waals surface area contributed by atoms with Gasteiger partial charge >= 0.3 is 0 Å². The van der Waals surface area contributed by atoms with Crippen molar-refractivity contribution in [2.24, 2.45) is 0 Å². The molecule has 2 heterocycles. The summed E-state index contributed by atoms with van der Waals surface area (Å²) in [6.07, 6.45) is 4.54. The van der Waals surface area contributed by atoms with Crippen LogP contribution in [0.2, 0.25) is 0 Å². The lowest BCUT2D eigenvalue weighted by atomic mass is 9.85. The summed E-state index contributed by atoms with van der Waals surface area (Å²) in [7, 11) is 0. The molecule has 0 radical (unpaired) electrons. The molecule has 2 aliphatic heterocycles. The minimum atomic E-state index is 0.0926. The van der Waals surface area contributed by atoms with Crippen LogP contribution in [-0.2, 0) is 0 Å². The van der Waals surface area contributed by atoms with Crippen molar-refractivity contribution in [1.29, 1.82) is 0 Å². The van der Waals surface area contributed by atoms with Gasteiger partial charge in [-0.05, 0) is 32.2 Å². The third kappa shape index (κ3) is 1.10. The maximum atomic E-state index is 9.39. The molecule has 0 aromatic carbocycles. The van der Waals surface area contributed by atoms with Crippen LogP contribution in [0.3, 0.4) is 0 Å². The average Bonchev–Trinajstić information content (AvgIpc) is 2.47. The van der Waals surface area contributed by atoms with Crippen molar-refractivity contribution < 1.29 is 5.11 Å². The first-order valence-corrected chi connectivity index (χ1v) is 4.79. The summed E-state index contributed by atoms with van der Waals surface area (Å²) in [5, 5.41) is 9.39. The van der Waals surface area contributed by atoms with E-state index < -0.39 is 0 Å². The van der Waals surface area contributed by atoms with Crippen LogP contribution in [0.5, 0.6) is 0 Å². The Labute approximate surface area is 73.9 Å². The SMILES string of the molecule is C=C1CCN2CCCC2(CO)C1. The van der Waals surface area contributed by atoms with Gasteiger partial charge in [-0.3, -0.25) is 4.90 Å². The second kappa shape index (κ2) is 2.86. The fraction of sp³-hybridized carbons (Fsp3) is 0.800. The first-order chi connectivity index (χ1) is 5.77. The Kier molecular flexibility index (Phi) is 1.97. The normalized spacial score (nSPS) is 36.9. The van der Waals surface area contributed by atoms with Crippen molar-refractivity contribution in [3.63, 3.8) is 0 Å². The molecule has 68 valence electrons. The summed E-state index contributed by atoms with van der Waals surface area (Å²) >= 11 is 0. The van der Waals surface area contributed by atoms with Gasteiger partial charge in [0.25, 0.3) is 0 Å². The maximum Gasteiger partial charge on any atom is 0.0618 e. The first kappa shape index (κ1) is 8.27. The van der Waals surface area contributed by atoms with Crippen LogP contribution >= 0.6 is 0 Å². The molecule has 2 fully saturated rings. The third-order valence-electron chi connectivity index (χ3n) is 3.35. The summed E-state index contributed by atoms with van der Waals surface area (Å²) in [5.41, 5.74) is 1.41. The Balaban J connectivity index is 2.18. The highest BCUT2D eigenvalue weighted by molar-refractivity contribution is 5.12. The van der Waals surface area contributed by atoms with Gasteiger partial charge < -0.3 is 5.11 Å². The molecule has 0 aliphatic carbocycles. The van der Waals surface area contributed by atoms with Gasteiger partial charge in [-0.25, -0.2) is 0 Å². The lowest BCUT2D eigenvalue weighted by molar-refractivity contribution is 0.0501. The molecule has 2 aliphatic rings. The number of nitrogens with zero attached hydrogens (tertiary/aromatic N) is 1. The van der Waals surface area contributed by atoms with E-state index in [4.69, 9.17) is 0 Å². The van der Waals surface area contributed by atoms with Crippen LogP contribution in [0.25, 0.3) is 0 Å². The number of hydrogen-bond acceptors (Lipinski definition) is 2. The molecule has 0 amide bonds. The van der Waals surface area contributed by atoms with Gasteiger partial charge in [0.05, 0.1) is 6.61 Å². The van der Waals surface area contributed by atoms with Crippen LogP contribution in [0.15, 0.2) is 12.2 Å². The van der Waals surface area contributed by atoms with E-state index in [-0.39, 0.29) is 5.54 Å². The highest BCUT2D eigenvalue weighted by Gasteiger charge is 2.42. The van der Waals surface area contributed by atoms with Crippen LogP contribution in [-0.4, -0.2) is 35.2 Å². The summed E-state index contributed by atoms with van der Waals surface area (Å²) in [6.45, 7) is 6.63. The predicted octanol–water partition coefficient (Wildman–Crippen LogP) is 1.16. The van der Waals surface area contributed by atoms with E-state index in [0.717, 1.165) is 25.8 Å². The number of aliphatic hydroxyl groups is 1. The lowest BCUT2D eigenvalue weighted by Crippen LogP contribution is -2.50. The first-order valence-electron chi connectivity index (χ1n) is 4.79. The second-order valence-electron chi connectivity index (χ2n) is 4.15. The van der Waals surface area contributed by atoms with Gasteiger partial charge in [0.2, 0.25) is 0 Å². The van der Waals surface area contributed by atoms with E-state index in [9.17, 15) is 5.11 Å². The average molecular weight is 167 g/mol. The molecule has 2 rings (SSSR count). The Morgan fingerprint density at radius 1 is 1.50 bits per heavy atom. The van der Waals surface area contributed by atoms with E-state index in [1.807, 2.05) is 0 Å². The molecule has 2 saturated heterocycles. The van der Waals surface area contributed by atoms with Crippen molar-refractivity contribution in [2.75, 3.05) is 19.7 Å². The largest absolute Gasteiger partial charge is 0.394 e. The summed E-state index contributed by atoms with van der Waals surface area (Å²) < 4.78 is 0. The zero-order chi connectivity index (χ0) is 8.60. The van der Waals surface area contributed by atoms with Crippen LogP contribution in [0.4, 0.5) is 0 Å². The molecule has 0 aromatic heterocycles. The number of aliphatic hydroxyl groups excluding tert-OH is 1. The molecular formula is C10H17NO. The van der Waals surface area contributed by atoms with Gasteiger partial charge in [-0.2, -0.15) is 0 Å². The zero-order valence-corrected chi connectivity index (χ0v) is 7.55. The molecule has 0 bridgehead atoms. The molecule has 1 atom stereocenters. The smallest absolute Gasteiger partial charge is 0.0618 e. The topological polar surface area (TPSA) is 23.5 Å². The van der Waals surface area contributed by atoms with Crippen molar-refractivity contribution >= 4 is 0 Å². The molecule has 1 N–H and O–H groups in total. The van der Waals surface area contributed by atoms with Crippen molar-refractivity contribution in [3.05, 3.63) is 12.2 Å². The van der Waals surface area contributed by atoms with Crippen LogP contribution in [0, 0.1) is 0 Å². The monoisotopic (exact) mass is 167 g/mol. The van der Waals surface area contributed by atoms with E-state index in [2.05, 4.69) is 11.5 Å². The van der Waals surface area contributed by atoms with Gasteiger partial charge in [0, 0.05) is 12.1 Å². The number of hydrogen-bond donors (Lipinski definition) is 1. The van der Waals surface area contributed by atoms with E-state index >= 15 is 0 Å². The molecule has 2 nitrogen and oxygen atoms in total. The fourth-order valence-electron chi connectivity index (χ4n) is 2.63. The lowest BCUT2D eigenvalue weighted by Gasteiger charge is -2.41. The molecule has 1 unspecified atom stereocenters. The van der Waals surface area contributed by atoms with Crippen molar-refractivity contribution in [2.45, 2.75) is 31.2 Å². The second-order valence-corrected chi connectivity index (χ2v) is 4.15. The van der Waals surface area contributed by atoms with Crippen LogP contribution < -0.4 is 0 Å². The molecule has 12 heavy (non-hydrogen) atoms. The highest BCUT2D eigenvalue weighted by atomic mass is 16.3. The van der Waals surface area contributed by atoms with Gasteiger partial charge in [0.1, 0.15) is 0 Å². The Hall–Kier alpha value is -0.340. The van der Waals surface area contributed by atoms with Crippen molar-refractivity contribution in [1.82, 2.24) is 4.90 Å². The minimum absolute atomic E-state index is 0.0926. The minimum Gasteiger partial charge on any atom is -0.394 e. The number of fused-ring (bicyclic) bond motifs is 1. The van der Waals surface area contributed by atoms with E-state index in [1.165, 1.54) is 18.5 Å². The summed E-state index contributed by atoms with van der Waals surface area (Å²) in [5.74, 6) is 0. The van der Waals surface area contributed by atoms with Crippen molar-refractivity contribution in [3.8, 4) is 0 Å². The quantitative estimate of drug-likeness (QED) is 0.592. The number of rotatable bonds is 1. The Bertz CT molecular complexity index is 202. The summed E-state index contributed by atoms with van der Waals surface area (Å²) in [4.78, 5) is 2.45. The molecule has 0 spiro atoms. The molecule has 0 saturated carbocycles. The van der Waals surface area contributed by atoms with Gasteiger partial charge in [0.15, 0.2) is 0 Å². The molecular weight excluding hydrogens is 150 g/mol. The fourth-order valence-corrected chi connectivity index (χ4v) is 2.63. The van der Waals surface area contributed by atoms with E-state index in [0.29, 0.717) is 6.61 Å². The Morgan fingerprint density at radius 2 is 2.33 bits per heavy atom. The zero-order valence-electron chi connectivity index (χ0n) is 7.55. The molecule has 0 aromatic rings. The third-order valence-corrected chi connectivity index (χ3v) is 3.35. The highest BCUT2D eigenvalue weighted by Crippen LogP contribution is 2.38. The standard InChI is InChI=1S/C10H17NO/c1-9-3-6-11-5-2-4-10(11,7-9)8-12/h12H,1-8H2. The predicted molar refractivity (Wildman–Crippen MR) is 49.0 cm³/mol. The Morgan fingerprint density at radius 3 is 3.08 bits per heavy atom. The van der Waals surface area contributed by atoms with Crippen LogP contribution in [0.1, 0.15) is 25.7 Å². The van der Waals surface area contributed by atoms with Gasteiger partial charge in [-0.15, -0.1) is 0 Å². The maximum absolute atomic E-state index is 9.39. The van der Waals surface area contributed by atoms with Gasteiger partial charge in [-0.1, -0.05) is 12.2 Å². The number of piperidine rings is 1. The molecule has 2 heteroatoms.